The van der Waals surface area contributed by atoms with Gasteiger partial charge in [-0.15, -0.1) is 0 Å². The number of benzene rings is 2. The monoisotopic (exact) mass is 373 g/mol. The fraction of sp³-hybridized carbons (Fsp3) is 0.316. The van der Waals surface area contributed by atoms with Crippen molar-refractivity contribution in [1.82, 2.24) is 4.90 Å². The molecule has 0 spiro atoms. The summed E-state index contributed by atoms with van der Waals surface area (Å²) in [6, 6.07) is 7.83. The number of halogens is 1. The molecule has 2 aromatic carbocycles. The molecule has 0 radical (unpaired) electrons. The first kappa shape index (κ1) is 18.6. The van der Waals surface area contributed by atoms with Gasteiger partial charge in [0, 0.05) is 19.0 Å². The third-order valence-corrected chi connectivity index (χ3v) is 4.66. The Bertz CT molecular complexity index is 870. The Morgan fingerprint density at radius 3 is 2.63 bits per heavy atom. The molecule has 1 atom stereocenters. The smallest absolute Gasteiger partial charge is 0.295 e. The van der Waals surface area contributed by atoms with Crippen molar-refractivity contribution in [2.24, 2.45) is 0 Å². The highest BCUT2D eigenvalue weighted by molar-refractivity contribution is 5.74. The van der Waals surface area contributed by atoms with Gasteiger partial charge in [-0.05, 0) is 49.6 Å². The van der Waals surface area contributed by atoms with Crippen LogP contribution in [0, 0.1) is 15.9 Å². The Morgan fingerprint density at radius 2 is 2.00 bits per heavy atom. The number of anilines is 1. The second-order valence-corrected chi connectivity index (χ2v) is 6.49. The van der Waals surface area contributed by atoms with Gasteiger partial charge in [0.25, 0.3) is 5.69 Å². The summed E-state index contributed by atoms with van der Waals surface area (Å²) in [7, 11) is 0. The van der Waals surface area contributed by atoms with Gasteiger partial charge in [0.15, 0.2) is 0 Å². The third-order valence-electron chi connectivity index (χ3n) is 4.66. The van der Waals surface area contributed by atoms with E-state index in [2.05, 4.69) is 0 Å². The number of piperidine rings is 1. The molecule has 142 valence electrons. The second-order valence-electron chi connectivity index (χ2n) is 6.49. The minimum Gasteiger partial charge on any atom is -0.457 e. The predicted molar refractivity (Wildman–Crippen MR) is 98.0 cm³/mol. The standard InChI is InChI=1S/C19H20FN3O4/c1-12(24)22-9-3-2-4-17(22)15-10-16(21)18(23(25)26)11-19(15)27-14-7-5-13(20)6-8-14/h5-8,10-11,17H,2-4,9,21H2,1H3. The minimum absolute atomic E-state index is 0.00975. The summed E-state index contributed by atoms with van der Waals surface area (Å²) in [4.78, 5) is 24.5. The zero-order valence-corrected chi connectivity index (χ0v) is 14.9. The highest BCUT2D eigenvalue weighted by Gasteiger charge is 2.30. The summed E-state index contributed by atoms with van der Waals surface area (Å²) in [6.45, 7) is 2.10. The first-order chi connectivity index (χ1) is 12.9. The number of likely N-dealkylation sites (tertiary alicyclic amines) is 1. The molecule has 0 bridgehead atoms. The Labute approximate surface area is 155 Å². The van der Waals surface area contributed by atoms with Crippen molar-refractivity contribution in [3.63, 3.8) is 0 Å². The van der Waals surface area contributed by atoms with Gasteiger partial charge in [0.05, 0.1) is 17.0 Å². The molecule has 0 saturated carbocycles. The maximum absolute atomic E-state index is 13.2. The summed E-state index contributed by atoms with van der Waals surface area (Å²) in [5, 5.41) is 11.3. The van der Waals surface area contributed by atoms with Gasteiger partial charge >= 0.3 is 0 Å². The second kappa shape index (κ2) is 7.61. The van der Waals surface area contributed by atoms with Crippen LogP contribution in [0.2, 0.25) is 0 Å². The fourth-order valence-electron chi connectivity index (χ4n) is 3.37. The highest BCUT2D eigenvalue weighted by Crippen LogP contribution is 2.42. The average Bonchev–Trinajstić information content (AvgIpc) is 2.64. The number of nitrogens with zero attached hydrogens (tertiary/aromatic N) is 2. The maximum atomic E-state index is 13.2. The average molecular weight is 373 g/mol. The van der Waals surface area contributed by atoms with E-state index in [0.29, 0.717) is 24.3 Å². The molecule has 7 nitrogen and oxygen atoms in total. The molecule has 2 aromatic rings. The third kappa shape index (κ3) is 3.99. The number of rotatable bonds is 4. The van der Waals surface area contributed by atoms with Crippen LogP contribution < -0.4 is 10.5 Å². The fourth-order valence-corrected chi connectivity index (χ4v) is 3.37. The number of hydrogen-bond donors (Lipinski definition) is 1. The first-order valence-corrected chi connectivity index (χ1v) is 8.65. The number of carbonyl (C=O) groups excluding carboxylic acids is 1. The number of carbonyl (C=O) groups is 1. The van der Waals surface area contributed by atoms with Crippen LogP contribution in [0.15, 0.2) is 36.4 Å². The molecule has 2 N–H and O–H groups in total. The van der Waals surface area contributed by atoms with Gasteiger partial charge in [-0.1, -0.05) is 0 Å². The SMILES string of the molecule is CC(=O)N1CCCCC1c1cc(N)c([N+](=O)[O-])cc1Oc1ccc(F)cc1. The van der Waals surface area contributed by atoms with E-state index < -0.39 is 10.7 Å². The minimum atomic E-state index is -0.583. The van der Waals surface area contributed by atoms with Crippen molar-refractivity contribution < 1.29 is 18.8 Å². The van der Waals surface area contributed by atoms with Gasteiger partial charge < -0.3 is 15.4 Å². The molecule has 0 aromatic heterocycles. The van der Waals surface area contributed by atoms with Crippen molar-refractivity contribution in [2.75, 3.05) is 12.3 Å². The zero-order valence-electron chi connectivity index (χ0n) is 14.9. The molecule has 27 heavy (non-hydrogen) atoms. The molecule has 0 aliphatic carbocycles. The molecule has 1 aliphatic heterocycles. The summed E-state index contributed by atoms with van der Waals surface area (Å²) >= 11 is 0. The molecule has 1 heterocycles. The number of nitrogen functional groups attached to an aromatic ring is 1. The van der Waals surface area contributed by atoms with E-state index in [4.69, 9.17) is 10.5 Å². The van der Waals surface area contributed by atoms with Gasteiger partial charge in [-0.2, -0.15) is 0 Å². The number of nitrogens with two attached hydrogens (primary N) is 1. The van der Waals surface area contributed by atoms with Crippen LogP contribution >= 0.6 is 0 Å². The number of amides is 1. The van der Waals surface area contributed by atoms with Crippen molar-refractivity contribution >= 4 is 17.3 Å². The summed E-state index contributed by atoms with van der Waals surface area (Å²) in [5.74, 6) is 0.0767. The van der Waals surface area contributed by atoms with Crippen molar-refractivity contribution in [2.45, 2.75) is 32.2 Å². The first-order valence-electron chi connectivity index (χ1n) is 8.65. The van der Waals surface area contributed by atoms with Crippen LogP contribution in [-0.2, 0) is 4.79 Å². The van der Waals surface area contributed by atoms with Crippen molar-refractivity contribution in [3.05, 3.63) is 57.9 Å². The molecule has 1 amide bonds. The lowest BCUT2D eigenvalue weighted by molar-refractivity contribution is -0.384. The van der Waals surface area contributed by atoms with Crippen LogP contribution in [0.1, 0.15) is 37.8 Å². The van der Waals surface area contributed by atoms with E-state index in [0.717, 1.165) is 12.8 Å². The summed E-state index contributed by atoms with van der Waals surface area (Å²) in [5.41, 5.74) is 6.22. The highest BCUT2D eigenvalue weighted by atomic mass is 19.1. The molecular formula is C19H20FN3O4. The van der Waals surface area contributed by atoms with Gasteiger partial charge in [-0.25, -0.2) is 4.39 Å². The van der Waals surface area contributed by atoms with Crippen LogP contribution in [0.3, 0.4) is 0 Å². The molecular weight excluding hydrogens is 353 g/mol. The normalized spacial score (nSPS) is 16.8. The molecule has 1 fully saturated rings. The van der Waals surface area contributed by atoms with E-state index in [1.807, 2.05) is 0 Å². The lowest BCUT2D eigenvalue weighted by Gasteiger charge is -2.36. The number of nitro groups is 1. The van der Waals surface area contributed by atoms with Gasteiger partial charge in [0.1, 0.15) is 23.0 Å². The van der Waals surface area contributed by atoms with Crippen LogP contribution in [0.25, 0.3) is 0 Å². The topological polar surface area (TPSA) is 98.7 Å². The summed E-state index contributed by atoms with van der Waals surface area (Å²) in [6.07, 6.45) is 2.52. The van der Waals surface area contributed by atoms with E-state index in [1.165, 1.54) is 43.3 Å². The zero-order chi connectivity index (χ0) is 19.6. The van der Waals surface area contributed by atoms with E-state index in [1.54, 1.807) is 4.90 Å². The molecule has 1 aliphatic rings. The number of hydrogen-bond acceptors (Lipinski definition) is 5. The Kier molecular flexibility index (Phi) is 5.25. The van der Waals surface area contributed by atoms with Gasteiger partial charge in [0.2, 0.25) is 5.91 Å². The summed E-state index contributed by atoms with van der Waals surface area (Å²) < 4.78 is 19.0. The lowest BCUT2D eigenvalue weighted by Crippen LogP contribution is -2.37. The van der Waals surface area contributed by atoms with Crippen molar-refractivity contribution in [3.8, 4) is 11.5 Å². The molecule has 1 saturated heterocycles. The Balaban J connectivity index is 2.07. The number of nitro benzene ring substituents is 1. The lowest BCUT2D eigenvalue weighted by atomic mass is 9.93. The molecule has 8 heteroatoms. The molecule has 3 rings (SSSR count). The Morgan fingerprint density at radius 1 is 1.30 bits per heavy atom. The van der Waals surface area contributed by atoms with Gasteiger partial charge in [-0.3, -0.25) is 14.9 Å². The van der Waals surface area contributed by atoms with E-state index in [-0.39, 0.29) is 29.1 Å². The quantitative estimate of drug-likeness (QED) is 0.492. The Hall–Kier alpha value is -3.16. The van der Waals surface area contributed by atoms with E-state index in [9.17, 15) is 19.3 Å². The van der Waals surface area contributed by atoms with Crippen LogP contribution in [-0.4, -0.2) is 22.3 Å². The maximum Gasteiger partial charge on any atom is 0.295 e. The predicted octanol–water partition coefficient (Wildman–Crippen LogP) is 4.18. The molecule has 1 unspecified atom stereocenters. The van der Waals surface area contributed by atoms with E-state index >= 15 is 0 Å². The largest absolute Gasteiger partial charge is 0.457 e. The van der Waals surface area contributed by atoms with Crippen molar-refractivity contribution in [1.29, 1.82) is 0 Å². The van der Waals surface area contributed by atoms with Crippen LogP contribution in [0.4, 0.5) is 15.8 Å². The number of ether oxygens (including phenoxy) is 1. The van der Waals surface area contributed by atoms with Crippen LogP contribution in [0.5, 0.6) is 11.5 Å².